The van der Waals surface area contributed by atoms with Gasteiger partial charge in [0.05, 0.1) is 12.2 Å². The van der Waals surface area contributed by atoms with Gasteiger partial charge in [0, 0.05) is 19.1 Å². The second kappa shape index (κ2) is 9.85. The smallest absolute Gasteiger partial charge is 0.157 e. The zero-order chi connectivity index (χ0) is 24.0. The van der Waals surface area contributed by atoms with Crippen molar-refractivity contribution in [2.24, 2.45) is 34.5 Å². The highest BCUT2D eigenvalue weighted by Gasteiger charge is 2.62. The summed E-state index contributed by atoms with van der Waals surface area (Å²) in [5.41, 5.74) is 1.95. The molecule has 2 aliphatic heterocycles. The molecule has 0 bridgehead atoms. The van der Waals surface area contributed by atoms with E-state index in [-0.39, 0.29) is 35.4 Å². The van der Waals surface area contributed by atoms with Crippen LogP contribution in [0.15, 0.2) is 11.6 Å². The summed E-state index contributed by atoms with van der Waals surface area (Å²) in [4.78, 5) is 12.4. The molecule has 5 heteroatoms. The van der Waals surface area contributed by atoms with Crippen molar-refractivity contribution >= 4 is 6.29 Å². The maximum atomic E-state index is 12.4. The molecule has 0 aromatic carbocycles. The van der Waals surface area contributed by atoms with Gasteiger partial charge in [-0.05, 0) is 112 Å². The van der Waals surface area contributed by atoms with Crippen LogP contribution in [0.5, 0.6) is 0 Å². The van der Waals surface area contributed by atoms with Crippen molar-refractivity contribution in [2.75, 3.05) is 13.2 Å². The number of fused-ring (bicyclic) bond motifs is 5. The van der Waals surface area contributed by atoms with Crippen molar-refractivity contribution in [3.8, 4) is 0 Å². The summed E-state index contributed by atoms with van der Waals surface area (Å²) in [6, 6.07) is 0. The summed E-state index contributed by atoms with van der Waals surface area (Å²) in [6.07, 6.45) is 18.7. The average molecular weight is 487 g/mol. The summed E-state index contributed by atoms with van der Waals surface area (Å²) in [5, 5.41) is 0. The van der Waals surface area contributed by atoms with Gasteiger partial charge in [-0.1, -0.05) is 25.5 Å². The Morgan fingerprint density at radius 2 is 1.69 bits per heavy atom. The van der Waals surface area contributed by atoms with Gasteiger partial charge < -0.3 is 23.7 Å². The maximum absolute atomic E-state index is 12.4. The number of carbonyl (C=O) groups excluding carboxylic acids is 1. The van der Waals surface area contributed by atoms with Crippen LogP contribution in [0.4, 0.5) is 0 Å². The fourth-order valence-corrected chi connectivity index (χ4v) is 9.26. The summed E-state index contributed by atoms with van der Waals surface area (Å²) in [7, 11) is 0. The van der Waals surface area contributed by atoms with E-state index >= 15 is 0 Å². The van der Waals surface area contributed by atoms with E-state index < -0.39 is 0 Å². The van der Waals surface area contributed by atoms with Gasteiger partial charge in [-0.25, -0.2) is 0 Å². The fourth-order valence-electron chi connectivity index (χ4n) is 9.26. The van der Waals surface area contributed by atoms with Gasteiger partial charge in [-0.15, -0.1) is 0 Å². The average Bonchev–Trinajstić information content (AvgIpc) is 3.17. The van der Waals surface area contributed by atoms with Crippen LogP contribution in [0.2, 0.25) is 0 Å². The first-order chi connectivity index (χ1) is 17.0. The molecule has 0 amide bonds. The molecular formula is C30H46O5. The maximum Gasteiger partial charge on any atom is 0.157 e. The van der Waals surface area contributed by atoms with Crippen molar-refractivity contribution in [1.29, 1.82) is 0 Å². The van der Waals surface area contributed by atoms with Crippen molar-refractivity contribution in [3.63, 3.8) is 0 Å². The van der Waals surface area contributed by atoms with E-state index in [0.717, 1.165) is 64.6 Å². The Balaban J connectivity index is 1.18. The van der Waals surface area contributed by atoms with Crippen LogP contribution in [0.25, 0.3) is 0 Å². The first-order valence-corrected chi connectivity index (χ1v) is 14.7. The predicted octanol–water partition coefficient (Wildman–Crippen LogP) is 6.20. The number of aldehydes is 1. The third kappa shape index (κ3) is 4.36. The van der Waals surface area contributed by atoms with E-state index in [1.165, 1.54) is 38.4 Å². The highest BCUT2D eigenvalue weighted by molar-refractivity contribution is 5.56. The zero-order valence-electron chi connectivity index (χ0n) is 21.9. The number of ether oxygens (including phenoxy) is 4. The lowest BCUT2D eigenvalue weighted by atomic mass is 9.47. The van der Waals surface area contributed by atoms with E-state index in [1.807, 2.05) is 0 Å². The topological polar surface area (TPSA) is 54.0 Å². The summed E-state index contributed by atoms with van der Waals surface area (Å²) >= 11 is 0. The number of allylic oxidation sites excluding steroid dienone is 1. The van der Waals surface area contributed by atoms with Gasteiger partial charge >= 0.3 is 0 Å². The summed E-state index contributed by atoms with van der Waals surface area (Å²) < 4.78 is 24.9. The van der Waals surface area contributed by atoms with Gasteiger partial charge in [0.1, 0.15) is 6.29 Å². The second-order valence-electron chi connectivity index (χ2n) is 13.0. The molecule has 35 heavy (non-hydrogen) atoms. The van der Waals surface area contributed by atoms with E-state index in [2.05, 4.69) is 19.9 Å². The minimum atomic E-state index is -0.0758. The molecular weight excluding hydrogens is 440 g/mol. The Morgan fingerprint density at radius 3 is 2.37 bits per heavy atom. The van der Waals surface area contributed by atoms with E-state index in [4.69, 9.17) is 18.9 Å². The quantitative estimate of drug-likeness (QED) is 0.342. The summed E-state index contributed by atoms with van der Waals surface area (Å²) in [6.45, 7) is 6.61. The van der Waals surface area contributed by atoms with Gasteiger partial charge in [0.2, 0.25) is 0 Å². The first-order valence-electron chi connectivity index (χ1n) is 14.7. The molecule has 0 radical (unpaired) electrons. The molecule has 2 saturated heterocycles. The number of carbonyl (C=O) groups is 1. The predicted molar refractivity (Wildman–Crippen MR) is 134 cm³/mol. The van der Waals surface area contributed by atoms with Gasteiger partial charge in [0.15, 0.2) is 12.6 Å². The Labute approximate surface area is 211 Å². The zero-order valence-corrected chi connectivity index (χ0v) is 21.9. The van der Waals surface area contributed by atoms with Crippen molar-refractivity contribution in [2.45, 2.75) is 122 Å². The number of hydrogen-bond acceptors (Lipinski definition) is 5. The van der Waals surface area contributed by atoms with Crippen LogP contribution in [-0.4, -0.2) is 44.3 Å². The van der Waals surface area contributed by atoms with Gasteiger partial charge in [-0.3, -0.25) is 0 Å². The highest BCUT2D eigenvalue weighted by atomic mass is 16.7. The van der Waals surface area contributed by atoms with Crippen LogP contribution >= 0.6 is 0 Å². The molecule has 5 fully saturated rings. The molecule has 3 saturated carbocycles. The second-order valence-corrected chi connectivity index (χ2v) is 13.0. The van der Waals surface area contributed by atoms with Crippen molar-refractivity contribution in [1.82, 2.24) is 0 Å². The molecule has 0 aromatic heterocycles. The Kier molecular flexibility index (Phi) is 6.92. The Hall–Kier alpha value is -0.750. The van der Waals surface area contributed by atoms with Crippen molar-refractivity contribution in [3.05, 3.63) is 11.6 Å². The normalized spacial score (nSPS) is 49.9. The molecule has 0 N–H and O–H groups in total. The molecule has 5 nitrogen and oxygen atoms in total. The van der Waals surface area contributed by atoms with Gasteiger partial charge in [0.25, 0.3) is 0 Å². The molecule has 10 atom stereocenters. The SMILES string of the molecule is C[C@]12CC[C@H]3[C@@H](CC=C4C[C@@H](OC5CCCCO5)CC[C@@]43C)[C@@H]1[C@H](C=O)C[C@@H]2OC1CCCCO1. The minimum Gasteiger partial charge on any atom is -0.353 e. The molecule has 196 valence electrons. The largest absolute Gasteiger partial charge is 0.353 e. The first kappa shape index (κ1) is 24.6. The molecule has 2 unspecified atom stereocenters. The Morgan fingerprint density at radius 1 is 0.943 bits per heavy atom. The Bertz CT molecular complexity index is 799. The molecule has 4 aliphatic carbocycles. The molecule has 2 heterocycles. The van der Waals surface area contributed by atoms with Crippen LogP contribution in [0.3, 0.4) is 0 Å². The number of hydrogen-bond donors (Lipinski definition) is 0. The fraction of sp³-hybridized carbons (Fsp3) is 0.900. The van der Waals surface area contributed by atoms with Crippen LogP contribution in [-0.2, 0) is 23.7 Å². The lowest BCUT2D eigenvalue weighted by molar-refractivity contribution is -0.216. The molecule has 6 aliphatic rings. The standard InChI is InChI=1S/C30H46O5/c1-29-13-11-22(34-26-7-3-5-15-32-26)18-21(29)9-10-23-24(29)12-14-30(2)25(17-20(19-31)28(23)30)35-27-8-4-6-16-33-27/h9,19-20,22-28H,3-8,10-18H2,1-2H3/t20-,22-,23+,24-,25-,26?,27?,28-,29-,30+/m0/s1. The number of rotatable bonds is 5. The molecule has 0 spiro atoms. The minimum absolute atomic E-state index is 0.00218. The molecule has 6 rings (SSSR count). The van der Waals surface area contributed by atoms with Crippen LogP contribution in [0.1, 0.15) is 97.3 Å². The summed E-state index contributed by atoms with van der Waals surface area (Å²) in [5.74, 6) is 1.78. The highest BCUT2D eigenvalue weighted by Crippen LogP contribution is 2.66. The molecule has 0 aromatic rings. The van der Waals surface area contributed by atoms with E-state index in [1.54, 1.807) is 5.57 Å². The van der Waals surface area contributed by atoms with Crippen LogP contribution < -0.4 is 0 Å². The third-order valence-corrected chi connectivity index (χ3v) is 11.1. The van der Waals surface area contributed by atoms with Crippen molar-refractivity contribution < 1.29 is 23.7 Å². The third-order valence-electron chi connectivity index (χ3n) is 11.1. The van der Waals surface area contributed by atoms with E-state index in [9.17, 15) is 4.79 Å². The lowest BCUT2D eigenvalue weighted by Gasteiger charge is -2.58. The monoisotopic (exact) mass is 486 g/mol. The lowest BCUT2D eigenvalue weighted by Crippen LogP contribution is -2.53. The van der Waals surface area contributed by atoms with Crippen LogP contribution in [0, 0.1) is 34.5 Å². The van der Waals surface area contributed by atoms with Gasteiger partial charge in [-0.2, -0.15) is 0 Å². The van der Waals surface area contributed by atoms with E-state index in [0.29, 0.717) is 23.9 Å².